The summed E-state index contributed by atoms with van der Waals surface area (Å²) in [6, 6.07) is 6.95. The second-order valence-electron chi connectivity index (χ2n) is 5.48. The van der Waals surface area contributed by atoms with Crippen LogP contribution in [0.5, 0.6) is 0 Å². The number of nitrogens with zero attached hydrogens (tertiary/aromatic N) is 3. The van der Waals surface area contributed by atoms with Crippen molar-refractivity contribution >= 4 is 35.5 Å². The highest BCUT2D eigenvalue weighted by Crippen LogP contribution is 2.16. The highest BCUT2D eigenvalue weighted by Gasteiger charge is 2.44. The molecule has 25 heavy (non-hydrogen) atoms. The third-order valence-electron chi connectivity index (χ3n) is 3.74. The van der Waals surface area contributed by atoms with Crippen LogP contribution in [0.2, 0.25) is 0 Å². The van der Waals surface area contributed by atoms with Gasteiger partial charge in [0.2, 0.25) is 5.91 Å². The number of benzene rings is 1. The molecular formula is C17H19N3O4S. The van der Waals surface area contributed by atoms with Gasteiger partial charge in [-0.2, -0.15) is 0 Å². The van der Waals surface area contributed by atoms with Gasteiger partial charge >= 0.3 is 17.8 Å². The first-order chi connectivity index (χ1) is 11.9. The van der Waals surface area contributed by atoms with Crippen LogP contribution in [0.25, 0.3) is 0 Å². The molecule has 132 valence electrons. The Labute approximate surface area is 150 Å². The number of rotatable bonds is 7. The van der Waals surface area contributed by atoms with Crippen LogP contribution in [0.15, 0.2) is 41.8 Å². The van der Waals surface area contributed by atoms with Crippen molar-refractivity contribution in [1.29, 1.82) is 0 Å². The van der Waals surface area contributed by atoms with Gasteiger partial charge in [0.25, 0.3) is 0 Å². The Hall–Kier alpha value is -2.61. The van der Waals surface area contributed by atoms with E-state index in [9.17, 15) is 19.2 Å². The van der Waals surface area contributed by atoms with Gasteiger partial charge in [0.15, 0.2) is 0 Å². The minimum Gasteiger partial charge on any atom is -0.340 e. The van der Waals surface area contributed by atoms with E-state index in [1.165, 1.54) is 11.0 Å². The predicted molar refractivity (Wildman–Crippen MR) is 93.7 cm³/mol. The van der Waals surface area contributed by atoms with Crippen LogP contribution in [0.1, 0.15) is 5.56 Å². The molecule has 0 unspecified atom stereocenters. The van der Waals surface area contributed by atoms with E-state index in [2.05, 4.69) is 6.58 Å². The molecule has 2 rings (SSSR count). The Bertz CT molecular complexity index is 717. The third-order valence-corrected chi connectivity index (χ3v) is 4.49. The lowest BCUT2D eigenvalue weighted by atomic mass is 10.2. The van der Waals surface area contributed by atoms with Gasteiger partial charge in [-0.25, -0.2) is 9.69 Å². The molecule has 1 heterocycles. The minimum atomic E-state index is -0.988. The topological polar surface area (TPSA) is 78.0 Å². The lowest BCUT2D eigenvalue weighted by Gasteiger charge is -2.20. The van der Waals surface area contributed by atoms with E-state index in [4.69, 9.17) is 0 Å². The lowest BCUT2D eigenvalue weighted by Crippen LogP contribution is -2.42. The molecule has 0 saturated carbocycles. The number of imide groups is 2. The summed E-state index contributed by atoms with van der Waals surface area (Å²) in [5.74, 6) is -2.35. The molecule has 0 spiro atoms. The van der Waals surface area contributed by atoms with Crippen molar-refractivity contribution in [2.75, 3.05) is 26.4 Å². The van der Waals surface area contributed by atoms with E-state index in [0.717, 1.165) is 15.4 Å². The normalized spacial score (nSPS) is 14.2. The fourth-order valence-electron chi connectivity index (χ4n) is 2.33. The molecule has 8 heteroatoms. The zero-order valence-corrected chi connectivity index (χ0v) is 14.9. The number of carbonyl (C=O) groups is 4. The highest BCUT2D eigenvalue weighted by atomic mass is 32.2. The van der Waals surface area contributed by atoms with Gasteiger partial charge < -0.3 is 4.90 Å². The van der Waals surface area contributed by atoms with Crippen molar-refractivity contribution < 1.29 is 19.2 Å². The van der Waals surface area contributed by atoms with E-state index >= 15 is 0 Å². The summed E-state index contributed by atoms with van der Waals surface area (Å²) in [5, 5.41) is 0. The molecule has 7 nitrogen and oxygen atoms in total. The first-order valence-electron chi connectivity index (χ1n) is 7.54. The van der Waals surface area contributed by atoms with Gasteiger partial charge in [0.05, 0.1) is 0 Å². The second kappa shape index (κ2) is 7.98. The molecule has 0 atom stereocenters. The summed E-state index contributed by atoms with van der Waals surface area (Å²) in [6.45, 7) is 3.25. The fraction of sp³-hybridized carbons (Fsp3) is 0.294. The van der Waals surface area contributed by atoms with Gasteiger partial charge in [0, 0.05) is 25.0 Å². The Morgan fingerprint density at radius 1 is 1.16 bits per heavy atom. The van der Waals surface area contributed by atoms with E-state index in [1.54, 1.807) is 18.8 Å². The zero-order chi connectivity index (χ0) is 18.6. The highest BCUT2D eigenvalue weighted by molar-refractivity contribution is 7.98. The number of likely N-dealkylation sites (N-methyl/N-ethyl adjacent to an activating group) is 1. The molecule has 0 aromatic heterocycles. The Balaban J connectivity index is 2.00. The molecule has 1 aliphatic heterocycles. The number of amides is 5. The standard InChI is InChI=1S/C17H19N3O4S/c1-4-9-19-15(22)16(23)20(17(19)24)11-14(21)18(2)10-12-5-7-13(25-3)8-6-12/h4-8H,1,9-11H2,2-3H3. The van der Waals surface area contributed by atoms with Crippen molar-refractivity contribution in [2.24, 2.45) is 0 Å². The summed E-state index contributed by atoms with van der Waals surface area (Å²) in [6.07, 6.45) is 3.32. The van der Waals surface area contributed by atoms with Crippen molar-refractivity contribution in [3.63, 3.8) is 0 Å². The van der Waals surface area contributed by atoms with Gasteiger partial charge in [0.1, 0.15) is 6.54 Å². The Kier molecular flexibility index (Phi) is 5.97. The number of hydrogen-bond acceptors (Lipinski definition) is 5. The minimum absolute atomic E-state index is 0.0638. The monoisotopic (exact) mass is 361 g/mol. The number of hydrogen-bond donors (Lipinski definition) is 0. The van der Waals surface area contributed by atoms with Crippen molar-refractivity contribution in [1.82, 2.24) is 14.7 Å². The molecule has 1 aliphatic rings. The average molecular weight is 361 g/mol. The summed E-state index contributed by atoms with van der Waals surface area (Å²) in [4.78, 5) is 52.0. The van der Waals surface area contributed by atoms with Crippen LogP contribution in [-0.4, -0.2) is 64.8 Å². The first kappa shape index (κ1) is 18.7. The summed E-state index contributed by atoms with van der Waals surface area (Å²) in [5.41, 5.74) is 0.928. The van der Waals surface area contributed by atoms with Gasteiger partial charge in [-0.15, -0.1) is 18.3 Å². The molecule has 1 aromatic rings. The smallest absolute Gasteiger partial charge is 0.335 e. The molecule has 1 aromatic carbocycles. The molecular weight excluding hydrogens is 342 g/mol. The molecule has 0 radical (unpaired) electrons. The van der Waals surface area contributed by atoms with Crippen LogP contribution < -0.4 is 0 Å². The van der Waals surface area contributed by atoms with Crippen LogP contribution in [-0.2, 0) is 20.9 Å². The predicted octanol–water partition coefficient (Wildman–Crippen LogP) is 1.34. The number of urea groups is 1. The first-order valence-corrected chi connectivity index (χ1v) is 8.76. The molecule has 1 saturated heterocycles. The van der Waals surface area contributed by atoms with Crippen LogP contribution in [0.3, 0.4) is 0 Å². The maximum absolute atomic E-state index is 12.3. The SMILES string of the molecule is C=CCN1C(=O)C(=O)N(CC(=O)N(C)Cc2ccc(SC)cc2)C1=O. The molecule has 0 N–H and O–H groups in total. The summed E-state index contributed by atoms with van der Waals surface area (Å²) < 4.78 is 0. The fourth-order valence-corrected chi connectivity index (χ4v) is 2.74. The largest absolute Gasteiger partial charge is 0.340 e. The van der Waals surface area contributed by atoms with Gasteiger partial charge in [-0.1, -0.05) is 18.2 Å². The summed E-state index contributed by atoms with van der Waals surface area (Å²) >= 11 is 1.62. The van der Waals surface area contributed by atoms with Crippen molar-refractivity contribution in [2.45, 2.75) is 11.4 Å². The molecule has 0 aliphatic carbocycles. The third kappa shape index (κ3) is 4.08. The quantitative estimate of drug-likeness (QED) is 0.317. The maximum Gasteiger partial charge on any atom is 0.335 e. The van der Waals surface area contributed by atoms with E-state index < -0.39 is 30.3 Å². The lowest BCUT2D eigenvalue weighted by molar-refractivity contribution is -0.144. The number of carbonyl (C=O) groups excluding carboxylic acids is 4. The van der Waals surface area contributed by atoms with Crippen LogP contribution >= 0.6 is 11.8 Å². The molecule has 5 amide bonds. The van der Waals surface area contributed by atoms with Gasteiger partial charge in [-0.05, 0) is 24.0 Å². The molecule has 0 bridgehead atoms. The van der Waals surface area contributed by atoms with Crippen LogP contribution in [0, 0.1) is 0 Å². The van der Waals surface area contributed by atoms with E-state index in [-0.39, 0.29) is 6.54 Å². The van der Waals surface area contributed by atoms with Crippen molar-refractivity contribution in [3.8, 4) is 0 Å². The van der Waals surface area contributed by atoms with Gasteiger partial charge in [-0.3, -0.25) is 19.3 Å². The van der Waals surface area contributed by atoms with E-state index in [0.29, 0.717) is 11.4 Å². The number of thioether (sulfide) groups is 1. The average Bonchev–Trinajstić information content (AvgIpc) is 2.80. The maximum atomic E-state index is 12.3. The Morgan fingerprint density at radius 3 is 2.32 bits per heavy atom. The van der Waals surface area contributed by atoms with E-state index in [1.807, 2.05) is 30.5 Å². The Morgan fingerprint density at radius 2 is 1.76 bits per heavy atom. The van der Waals surface area contributed by atoms with Crippen LogP contribution in [0.4, 0.5) is 4.79 Å². The summed E-state index contributed by atoms with van der Waals surface area (Å²) in [7, 11) is 1.58. The zero-order valence-electron chi connectivity index (χ0n) is 14.1. The molecule has 1 fully saturated rings. The second-order valence-corrected chi connectivity index (χ2v) is 6.36. The van der Waals surface area contributed by atoms with Crippen molar-refractivity contribution in [3.05, 3.63) is 42.5 Å².